The monoisotopic (exact) mass is 340 g/mol. The molecule has 0 bridgehead atoms. The number of hydrogen-bond donors (Lipinski definition) is 2. The Morgan fingerprint density at radius 1 is 1.45 bits per heavy atom. The summed E-state index contributed by atoms with van der Waals surface area (Å²) in [5.74, 6) is 0.635. The van der Waals surface area contributed by atoms with Gasteiger partial charge in [-0.2, -0.15) is 0 Å². The van der Waals surface area contributed by atoms with E-state index in [1.165, 1.54) is 17.7 Å². The van der Waals surface area contributed by atoms with Crippen molar-refractivity contribution in [3.63, 3.8) is 0 Å². The van der Waals surface area contributed by atoms with Gasteiger partial charge in [0.05, 0.1) is 0 Å². The summed E-state index contributed by atoms with van der Waals surface area (Å²) < 4.78 is 1.14. The lowest BCUT2D eigenvalue weighted by molar-refractivity contribution is 0.263. The van der Waals surface area contributed by atoms with E-state index in [4.69, 9.17) is 5.11 Å². The van der Waals surface area contributed by atoms with E-state index in [1.54, 1.807) is 0 Å². The molecule has 1 unspecified atom stereocenters. The molecule has 1 aliphatic rings. The van der Waals surface area contributed by atoms with E-state index in [0.29, 0.717) is 12.5 Å². The van der Waals surface area contributed by atoms with Crippen molar-refractivity contribution in [2.75, 3.05) is 31.1 Å². The van der Waals surface area contributed by atoms with E-state index in [9.17, 15) is 0 Å². The maximum atomic E-state index is 9.09. The highest BCUT2D eigenvalue weighted by atomic mass is 79.9. The predicted octanol–water partition coefficient (Wildman–Crippen LogP) is 3.16. The Balaban J connectivity index is 2.07. The summed E-state index contributed by atoms with van der Waals surface area (Å²) in [6.07, 6.45) is 3.27. The zero-order chi connectivity index (χ0) is 14.4. The molecule has 0 spiro atoms. The Hall–Kier alpha value is -0.580. The van der Waals surface area contributed by atoms with Crippen LogP contribution in [0.4, 0.5) is 5.69 Å². The van der Waals surface area contributed by atoms with Crippen molar-refractivity contribution in [3.8, 4) is 0 Å². The van der Waals surface area contributed by atoms with E-state index in [0.717, 1.165) is 43.5 Å². The highest BCUT2D eigenvalue weighted by Crippen LogP contribution is 2.30. The van der Waals surface area contributed by atoms with Crippen molar-refractivity contribution < 1.29 is 5.11 Å². The summed E-state index contributed by atoms with van der Waals surface area (Å²) in [5.41, 5.74) is 2.70. The molecule has 1 heterocycles. The maximum absolute atomic E-state index is 9.09. The molecule has 0 amide bonds. The van der Waals surface area contributed by atoms with Crippen LogP contribution in [-0.4, -0.2) is 31.3 Å². The first-order valence-electron chi connectivity index (χ1n) is 7.59. The molecule has 112 valence electrons. The maximum Gasteiger partial charge on any atom is 0.0434 e. The first-order chi connectivity index (χ1) is 9.74. The number of anilines is 1. The summed E-state index contributed by atoms with van der Waals surface area (Å²) in [5, 5.41) is 12.6. The molecule has 1 atom stereocenters. The Morgan fingerprint density at radius 3 is 3.05 bits per heavy atom. The molecule has 3 nitrogen and oxygen atoms in total. The Morgan fingerprint density at radius 2 is 2.30 bits per heavy atom. The van der Waals surface area contributed by atoms with Gasteiger partial charge in [0.2, 0.25) is 0 Å². The number of nitrogens with zero attached hydrogens (tertiary/aromatic N) is 1. The lowest BCUT2D eigenvalue weighted by atomic mass is 10.1. The summed E-state index contributed by atoms with van der Waals surface area (Å²) in [7, 11) is 0. The molecule has 0 aromatic heterocycles. The number of halogens is 1. The quantitative estimate of drug-likeness (QED) is 0.748. The first kappa shape index (κ1) is 15.8. The molecular formula is C16H25BrN2O. The minimum atomic E-state index is 0.307. The first-order valence-corrected chi connectivity index (χ1v) is 8.38. The third-order valence-electron chi connectivity index (χ3n) is 3.95. The number of aliphatic hydroxyl groups is 1. The average molecular weight is 341 g/mol. The molecule has 4 heteroatoms. The van der Waals surface area contributed by atoms with Gasteiger partial charge < -0.3 is 15.3 Å². The summed E-state index contributed by atoms with van der Waals surface area (Å²) in [6, 6.07) is 6.56. The van der Waals surface area contributed by atoms with E-state index >= 15 is 0 Å². The third kappa shape index (κ3) is 4.21. The SMILES string of the molecule is CCCNCc1ccc(Br)cc1N1CCC(CCO)C1. The molecule has 1 aromatic rings. The second-order valence-electron chi connectivity index (χ2n) is 5.56. The van der Waals surface area contributed by atoms with Crippen LogP contribution in [-0.2, 0) is 6.54 Å². The Labute approximate surface area is 130 Å². The second-order valence-corrected chi connectivity index (χ2v) is 6.48. The normalized spacial score (nSPS) is 18.8. The van der Waals surface area contributed by atoms with Gasteiger partial charge in [-0.05, 0) is 49.4 Å². The fraction of sp³-hybridized carbons (Fsp3) is 0.625. The molecular weight excluding hydrogens is 316 g/mol. The van der Waals surface area contributed by atoms with E-state index in [2.05, 4.69) is 51.3 Å². The Bertz CT molecular complexity index is 425. The molecule has 0 aliphatic carbocycles. The predicted molar refractivity (Wildman–Crippen MR) is 88.2 cm³/mol. The van der Waals surface area contributed by atoms with Gasteiger partial charge in [0, 0.05) is 36.4 Å². The number of hydrogen-bond acceptors (Lipinski definition) is 3. The number of benzene rings is 1. The van der Waals surface area contributed by atoms with Crippen LogP contribution in [0.3, 0.4) is 0 Å². The fourth-order valence-corrected chi connectivity index (χ4v) is 3.20. The van der Waals surface area contributed by atoms with Crippen molar-refractivity contribution in [3.05, 3.63) is 28.2 Å². The van der Waals surface area contributed by atoms with Gasteiger partial charge in [-0.1, -0.05) is 28.9 Å². The van der Waals surface area contributed by atoms with Crippen molar-refractivity contribution in [2.24, 2.45) is 5.92 Å². The van der Waals surface area contributed by atoms with E-state index < -0.39 is 0 Å². The lowest BCUT2D eigenvalue weighted by Gasteiger charge is -2.23. The van der Waals surface area contributed by atoms with Gasteiger partial charge in [-0.25, -0.2) is 0 Å². The smallest absolute Gasteiger partial charge is 0.0434 e. The molecule has 1 fully saturated rings. The molecule has 2 rings (SSSR count). The van der Waals surface area contributed by atoms with Crippen LogP contribution in [0.2, 0.25) is 0 Å². The van der Waals surface area contributed by atoms with Gasteiger partial charge in [0.25, 0.3) is 0 Å². The lowest BCUT2D eigenvalue weighted by Crippen LogP contribution is -2.23. The third-order valence-corrected chi connectivity index (χ3v) is 4.45. The van der Waals surface area contributed by atoms with Gasteiger partial charge in [0.1, 0.15) is 0 Å². The summed E-state index contributed by atoms with van der Waals surface area (Å²) >= 11 is 3.58. The van der Waals surface area contributed by atoms with Crippen molar-refractivity contribution in [1.29, 1.82) is 0 Å². The topological polar surface area (TPSA) is 35.5 Å². The highest BCUT2D eigenvalue weighted by Gasteiger charge is 2.23. The molecule has 2 N–H and O–H groups in total. The summed E-state index contributed by atoms with van der Waals surface area (Å²) in [4.78, 5) is 2.47. The van der Waals surface area contributed by atoms with Crippen LogP contribution < -0.4 is 10.2 Å². The molecule has 20 heavy (non-hydrogen) atoms. The van der Waals surface area contributed by atoms with Crippen LogP contribution in [0.25, 0.3) is 0 Å². The standard InChI is InChI=1S/C16H25BrN2O/c1-2-7-18-11-14-3-4-15(17)10-16(14)19-8-5-13(12-19)6-9-20/h3-4,10,13,18,20H,2,5-9,11-12H2,1H3. The molecule has 1 aromatic carbocycles. The van der Waals surface area contributed by atoms with Gasteiger partial charge in [-0.3, -0.25) is 0 Å². The largest absolute Gasteiger partial charge is 0.396 e. The minimum Gasteiger partial charge on any atom is -0.396 e. The fourth-order valence-electron chi connectivity index (χ4n) is 2.85. The van der Waals surface area contributed by atoms with Gasteiger partial charge >= 0.3 is 0 Å². The molecule has 1 aliphatic heterocycles. The Kier molecular flexibility index (Phi) is 6.33. The molecule has 1 saturated heterocycles. The van der Waals surface area contributed by atoms with Crippen molar-refractivity contribution >= 4 is 21.6 Å². The zero-order valence-corrected chi connectivity index (χ0v) is 13.8. The van der Waals surface area contributed by atoms with Crippen LogP contribution in [0.15, 0.2) is 22.7 Å². The van der Waals surface area contributed by atoms with Crippen LogP contribution in [0.5, 0.6) is 0 Å². The summed E-state index contributed by atoms with van der Waals surface area (Å²) in [6.45, 7) is 6.65. The average Bonchev–Trinajstić information content (AvgIpc) is 2.89. The number of aliphatic hydroxyl groups excluding tert-OH is 1. The van der Waals surface area contributed by atoms with Crippen molar-refractivity contribution in [2.45, 2.75) is 32.7 Å². The second kappa shape index (κ2) is 8.01. The number of rotatable bonds is 7. The zero-order valence-electron chi connectivity index (χ0n) is 12.2. The molecule has 0 saturated carbocycles. The van der Waals surface area contributed by atoms with Gasteiger partial charge in [-0.15, -0.1) is 0 Å². The number of nitrogens with one attached hydrogen (secondary N) is 1. The van der Waals surface area contributed by atoms with Crippen LogP contribution in [0, 0.1) is 5.92 Å². The minimum absolute atomic E-state index is 0.307. The van der Waals surface area contributed by atoms with E-state index in [1.807, 2.05) is 0 Å². The van der Waals surface area contributed by atoms with Gasteiger partial charge in [0.15, 0.2) is 0 Å². The van der Waals surface area contributed by atoms with Crippen LogP contribution >= 0.6 is 15.9 Å². The molecule has 0 radical (unpaired) electrons. The highest BCUT2D eigenvalue weighted by molar-refractivity contribution is 9.10. The van der Waals surface area contributed by atoms with E-state index in [-0.39, 0.29) is 0 Å². The van der Waals surface area contributed by atoms with Crippen LogP contribution in [0.1, 0.15) is 31.7 Å². The van der Waals surface area contributed by atoms with Crippen molar-refractivity contribution in [1.82, 2.24) is 5.32 Å².